The summed E-state index contributed by atoms with van der Waals surface area (Å²) >= 11 is 0. The lowest BCUT2D eigenvalue weighted by molar-refractivity contribution is -0.122. The summed E-state index contributed by atoms with van der Waals surface area (Å²) < 4.78 is 32.6. The van der Waals surface area contributed by atoms with Crippen molar-refractivity contribution in [2.45, 2.75) is 31.8 Å². The summed E-state index contributed by atoms with van der Waals surface area (Å²) in [7, 11) is -2.16. The van der Waals surface area contributed by atoms with E-state index in [1.165, 1.54) is 11.4 Å². The second-order valence-electron chi connectivity index (χ2n) is 7.39. The highest BCUT2D eigenvalue weighted by Crippen LogP contribution is 2.25. The highest BCUT2D eigenvalue weighted by molar-refractivity contribution is 7.92. The number of carbonyl (C=O) groups excluding carboxylic acids is 1. The molecule has 3 rings (SSSR count). The summed E-state index contributed by atoms with van der Waals surface area (Å²) in [5, 5.41) is 2.81. The van der Waals surface area contributed by atoms with Crippen molar-refractivity contribution in [2.24, 2.45) is 0 Å². The summed E-state index contributed by atoms with van der Waals surface area (Å²) in [4.78, 5) is 12.6. The molecule has 1 atom stereocenters. The fourth-order valence-corrected chi connectivity index (χ4v) is 4.08. The van der Waals surface area contributed by atoms with Crippen LogP contribution in [0.4, 0.5) is 11.4 Å². The first kappa shape index (κ1) is 22.4. The predicted molar refractivity (Wildman–Crippen MR) is 123 cm³/mol. The lowest BCUT2D eigenvalue weighted by atomic mass is 10.2. The number of rotatable bonds is 7. The van der Waals surface area contributed by atoms with E-state index in [-0.39, 0.29) is 10.8 Å². The Hall–Kier alpha value is -3.32. The van der Waals surface area contributed by atoms with Crippen molar-refractivity contribution in [2.75, 3.05) is 16.7 Å². The molecule has 0 aromatic heterocycles. The molecule has 0 aliphatic rings. The van der Waals surface area contributed by atoms with Gasteiger partial charge in [0.2, 0.25) is 0 Å². The number of carbonyl (C=O) groups is 1. The summed E-state index contributed by atoms with van der Waals surface area (Å²) in [6, 6.07) is 20.8. The first-order valence-corrected chi connectivity index (χ1v) is 11.3. The van der Waals surface area contributed by atoms with E-state index in [4.69, 9.17) is 4.74 Å². The van der Waals surface area contributed by atoms with Gasteiger partial charge in [-0.1, -0.05) is 35.4 Å². The van der Waals surface area contributed by atoms with E-state index in [9.17, 15) is 13.2 Å². The Labute approximate surface area is 183 Å². The molecule has 0 saturated carbocycles. The molecule has 0 aliphatic carbocycles. The van der Waals surface area contributed by atoms with E-state index in [0.29, 0.717) is 17.1 Å². The number of hydrogen-bond donors (Lipinski definition) is 1. The Bertz CT molecular complexity index is 1140. The first-order chi connectivity index (χ1) is 14.7. The molecule has 3 aromatic carbocycles. The zero-order chi connectivity index (χ0) is 22.6. The Balaban J connectivity index is 1.65. The van der Waals surface area contributed by atoms with Gasteiger partial charge in [-0.2, -0.15) is 0 Å². The molecule has 0 spiro atoms. The van der Waals surface area contributed by atoms with Gasteiger partial charge in [-0.15, -0.1) is 0 Å². The molecular formula is C24H26N2O4S. The third kappa shape index (κ3) is 5.44. The molecule has 0 fully saturated rings. The molecule has 1 unspecified atom stereocenters. The maximum Gasteiger partial charge on any atom is 0.265 e. The van der Waals surface area contributed by atoms with Gasteiger partial charge in [-0.3, -0.25) is 9.10 Å². The van der Waals surface area contributed by atoms with Crippen molar-refractivity contribution in [1.82, 2.24) is 0 Å². The van der Waals surface area contributed by atoms with Crippen LogP contribution < -0.4 is 14.4 Å². The van der Waals surface area contributed by atoms with Crippen LogP contribution in [0.2, 0.25) is 0 Å². The fraction of sp³-hybridized carbons (Fsp3) is 0.208. The number of ether oxygens (including phenoxy) is 1. The number of nitrogens with zero attached hydrogens (tertiary/aromatic N) is 1. The molecule has 7 heteroatoms. The lowest BCUT2D eigenvalue weighted by Gasteiger charge is -2.20. The Morgan fingerprint density at radius 3 is 1.94 bits per heavy atom. The highest BCUT2D eigenvalue weighted by atomic mass is 32.2. The number of nitrogens with one attached hydrogen (secondary N) is 1. The molecular weight excluding hydrogens is 412 g/mol. The van der Waals surface area contributed by atoms with Gasteiger partial charge in [0.1, 0.15) is 5.75 Å². The predicted octanol–water partition coefficient (Wildman–Crippen LogP) is 4.53. The van der Waals surface area contributed by atoms with E-state index in [1.54, 1.807) is 55.5 Å². The van der Waals surface area contributed by atoms with Crippen molar-refractivity contribution in [3.8, 4) is 5.75 Å². The summed E-state index contributed by atoms with van der Waals surface area (Å²) in [5.74, 6) is 0.198. The van der Waals surface area contributed by atoms with E-state index in [0.717, 1.165) is 11.1 Å². The number of aryl methyl sites for hydroxylation is 2. The maximum atomic E-state index is 12.8. The number of benzene rings is 3. The first-order valence-electron chi connectivity index (χ1n) is 9.86. The normalized spacial score (nSPS) is 12.1. The average Bonchev–Trinajstić information content (AvgIpc) is 2.75. The van der Waals surface area contributed by atoms with Gasteiger partial charge in [0.05, 0.1) is 10.6 Å². The standard InChI is InChI=1S/C24H26N2O4S/c1-17-5-9-20(10-6-17)25-24(27)19(3)30-22-13-11-21(12-14-22)26(4)31(28,29)23-15-7-18(2)8-16-23/h5-16,19H,1-4H3,(H,25,27). The number of sulfonamides is 1. The second kappa shape index (κ2) is 9.22. The van der Waals surface area contributed by atoms with Gasteiger partial charge < -0.3 is 10.1 Å². The van der Waals surface area contributed by atoms with Crippen LogP contribution in [0.1, 0.15) is 18.1 Å². The zero-order valence-corrected chi connectivity index (χ0v) is 18.8. The molecule has 31 heavy (non-hydrogen) atoms. The summed E-state index contributed by atoms with van der Waals surface area (Å²) in [6.45, 7) is 5.54. The number of anilines is 2. The van der Waals surface area contributed by atoms with Gasteiger partial charge in [-0.25, -0.2) is 8.42 Å². The molecule has 0 bridgehead atoms. The summed E-state index contributed by atoms with van der Waals surface area (Å²) in [5.41, 5.74) is 3.29. The number of hydrogen-bond acceptors (Lipinski definition) is 4. The highest BCUT2D eigenvalue weighted by Gasteiger charge is 2.21. The summed E-state index contributed by atoms with van der Waals surface area (Å²) in [6.07, 6.45) is -0.721. The van der Waals surface area contributed by atoms with Crippen LogP contribution in [0.5, 0.6) is 5.75 Å². The molecule has 6 nitrogen and oxygen atoms in total. The van der Waals surface area contributed by atoms with Crippen molar-refractivity contribution in [3.05, 3.63) is 83.9 Å². The Morgan fingerprint density at radius 1 is 0.871 bits per heavy atom. The lowest BCUT2D eigenvalue weighted by Crippen LogP contribution is -2.30. The molecule has 1 N–H and O–H groups in total. The SMILES string of the molecule is Cc1ccc(NC(=O)C(C)Oc2ccc(N(C)S(=O)(=O)c3ccc(C)cc3)cc2)cc1. The minimum atomic E-state index is -3.67. The van der Waals surface area contributed by atoms with Crippen molar-refractivity contribution >= 4 is 27.3 Å². The minimum absolute atomic E-state index is 0.224. The van der Waals surface area contributed by atoms with E-state index >= 15 is 0 Å². The van der Waals surface area contributed by atoms with Gasteiger partial charge in [0.25, 0.3) is 15.9 Å². The molecule has 0 heterocycles. The fourth-order valence-electron chi connectivity index (χ4n) is 2.88. The topological polar surface area (TPSA) is 75.7 Å². The van der Waals surface area contributed by atoms with Gasteiger partial charge in [0, 0.05) is 12.7 Å². The maximum absolute atomic E-state index is 12.8. The van der Waals surface area contributed by atoms with Gasteiger partial charge >= 0.3 is 0 Å². The van der Waals surface area contributed by atoms with E-state index in [2.05, 4.69) is 5.32 Å². The third-order valence-corrected chi connectivity index (χ3v) is 6.68. The van der Waals surface area contributed by atoms with E-state index < -0.39 is 16.1 Å². The van der Waals surface area contributed by atoms with Crippen LogP contribution in [0.25, 0.3) is 0 Å². The molecule has 162 valence electrons. The largest absolute Gasteiger partial charge is 0.481 e. The molecule has 0 radical (unpaired) electrons. The second-order valence-corrected chi connectivity index (χ2v) is 9.36. The Kier molecular flexibility index (Phi) is 6.65. The molecule has 0 saturated heterocycles. The van der Waals surface area contributed by atoms with E-state index in [1.807, 2.05) is 38.1 Å². The monoisotopic (exact) mass is 438 g/mol. The quantitative estimate of drug-likeness (QED) is 0.588. The molecule has 3 aromatic rings. The third-order valence-electron chi connectivity index (χ3n) is 4.88. The van der Waals surface area contributed by atoms with Gasteiger partial charge in [-0.05, 0) is 69.3 Å². The van der Waals surface area contributed by atoms with Crippen molar-refractivity contribution in [3.63, 3.8) is 0 Å². The van der Waals surface area contributed by atoms with Gasteiger partial charge in [0.15, 0.2) is 6.10 Å². The smallest absolute Gasteiger partial charge is 0.265 e. The van der Waals surface area contributed by atoms with Crippen molar-refractivity contribution < 1.29 is 17.9 Å². The average molecular weight is 439 g/mol. The van der Waals surface area contributed by atoms with Crippen molar-refractivity contribution in [1.29, 1.82) is 0 Å². The van der Waals surface area contributed by atoms with Crippen LogP contribution in [0.3, 0.4) is 0 Å². The molecule has 0 aliphatic heterocycles. The van der Waals surface area contributed by atoms with Crippen LogP contribution in [-0.2, 0) is 14.8 Å². The number of amides is 1. The van der Waals surface area contributed by atoms with Crippen LogP contribution >= 0.6 is 0 Å². The Morgan fingerprint density at radius 2 is 1.39 bits per heavy atom. The van der Waals surface area contributed by atoms with Crippen LogP contribution in [0.15, 0.2) is 77.7 Å². The minimum Gasteiger partial charge on any atom is -0.481 e. The zero-order valence-electron chi connectivity index (χ0n) is 18.0. The molecule has 1 amide bonds. The van der Waals surface area contributed by atoms with Crippen LogP contribution in [-0.4, -0.2) is 27.5 Å². The van der Waals surface area contributed by atoms with Crippen LogP contribution in [0, 0.1) is 13.8 Å².